The van der Waals surface area contributed by atoms with Gasteiger partial charge in [-0.2, -0.15) is 0 Å². The van der Waals surface area contributed by atoms with E-state index in [4.69, 9.17) is 18.8 Å². The molecule has 0 atom stereocenters. The van der Waals surface area contributed by atoms with Gasteiger partial charge >= 0.3 is 0 Å². The van der Waals surface area contributed by atoms with Crippen molar-refractivity contribution in [1.82, 2.24) is 29.9 Å². The van der Waals surface area contributed by atoms with E-state index in [1.54, 1.807) is 49.8 Å². The largest absolute Gasteiger partial charge is 0.472 e. The minimum atomic E-state index is 0. The van der Waals surface area contributed by atoms with Crippen molar-refractivity contribution < 1.29 is 28.6 Å². The van der Waals surface area contributed by atoms with Gasteiger partial charge in [0.1, 0.15) is 0 Å². The molecule has 0 aliphatic heterocycles. The van der Waals surface area contributed by atoms with Crippen LogP contribution in [-0.4, -0.2) is 29.9 Å². The van der Waals surface area contributed by atoms with E-state index in [-0.39, 0.29) is 19.8 Å². The fourth-order valence-electron chi connectivity index (χ4n) is 4.83. The molecule has 0 aliphatic carbocycles. The maximum absolute atomic E-state index is 5.21. The number of hydrogen-bond donors (Lipinski definition) is 0. The SMILES string of the molecule is [Os].c1ccc(-c2cc(-c3ccoc3)cc(-c3ccccn3)n2)nc1.c1ccc(-c2cc(-c3ccoc3)cc(-c3ccccn3)n2)nc1. The zero-order chi connectivity index (χ0) is 31.0. The summed E-state index contributed by atoms with van der Waals surface area (Å²) >= 11 is 0. The van der Waals surface area contributed by atoms with Crippen molar-refractivity contribution in [3.8, 4) is 67.8 Å². The number of nitrogens with zero attached hydrogens (tertiary/aromatic N) is 6. The number of rotatable bonds is 6. The van der Waals surface area contributed by atoms with Crippen LogP contribution in [0.4, 0.5) is 0 Å². The Morgan fingerprint density at radius 3 is 0.894 bits per heavy atom. The van der Waals surface area contributed by atoms with Gasteiger partial charge in [0.2, 0.25) is 0 Å². The molecule has 8 nitrogen and oxygen atoms in total. The van der Waals surface area contributed by atoms with E-state index in [0.29, 0.717) is 0 Å². The third-order valence-corrected chi connectivity index (χ3v) is 7.07. The minimum Gasteiger partial charge on any atom is -0.472 e. The second kappa shape index (κ2) is 14.9. The second-order valence-corrected chi connectivity index (χ2v) is 10.1. The first-order chi connectivity index (χ1) is 22.8. The molecule has 0 aliphatic rings. The molecule has 0 fully saturated rings. The summed E-state index contributed by atoms with van der Waals surface area (Å²) in [5, 5.41) is 0. The van der Waals surface area contributed by atoms with Crippen LogP contribution >= 0.6 is 0 Å². The molecule has 0 aromatic carbocycles. The van der Waals surface area contributed by atoms with E-state index in [1.807, 2.05) is 109 Å². The summed E-state index contributed by atoms with van der Waals surface area (Å²) in [6.07, 6.45) is 13.8. The van der Waals surface area contributed by atoms with Crippen LogP contribution in [-0.2, 0) is 19.8 Å². The molecule has 0 unspecified atom stereocenters. The number of aromatic nitrogens is 6. The summed E-state index contributed by atoms with van der Waals surface area (Å²) in [6, 6.07) is 35.1. The molecule has 0 N–H and O–H groups in total. The van der Waals surface area contributed by atoms with Gasteiger partial charge in [-0.15, -0.1) is 0 Å². The summed E-state index contributed by atoms with van der Waals surface area (Å²) in [5.74, 6) is 0. The van der Waals surface area contributed by atoms with Crippen LogP contribution in [0.25, 0.3) is 67.8 Å². The van der Waals surface area contributed by atoms with Crippen LogP contribution in [0.2, 0.25) is 0 Å². The predicted octanol–water partition coefficient (Wildman–Crippen LogP) is 8.93. The number of hydrogen-bond acceptors (Lipinski definition) is 8. The summed E-state index contributed by atoms with van der Waals surface area (Å²) in [4.78, 5) is 27.1. The third-order valence-electron chi connectivity index (χ3n) is 7.07. The fraction of sp³-hybridized carbons (Fsp3) is 0. The van der Waals surface area contributed by atoms with Gasteiger partial charge in [0.25, 0.3) is 0 Å². The molecule has 8 heterocycles. The molecule has 8 aromatic rings. The van der Waals surface area contributed by atoms with Gasteiger partial charge in [-0.1, -0.05) is 24.3 Å². The van der Waals surface area contributed by atoms with E-state index in [0.717, 1.165) is 67.8 Å². The van der Waals surface area contributed by atoms with Crippen LogP contribution in [0.5, 0.6) is 0 Å². The van der Waals surface area contributed by atoms with Crippen molar-refractivity contribution in [2.24, 2.45) is 0 Å². The van der Waals surface area contributed by atoms with Crippen molar-refractivity contribution in [3.05, 3.63) is 159 Å². The van der Waals surface area contributed by atoms with Crippen molar-refractivity contribution in [2.75, 3.05) is 0 Å². The van der Waals surface area contributed by atoms with Gasteiger partial charge in [0.15, 0.2) is 0 Å². The van der Waals surface area contributed by atoms with E-state index >= 15 is 0 Å². The molecule has 0 amide bonds. The van der Waals surface area contributed by atoms with Crippen LogP contribution in [0.1, 0.15) is 0 Å². The standard InChI is InChI=1S/2C19H13N3O.Os/c2*1-3-8-20-16(5-1)18-11-15(14-7-10-23-13-14)12-19(22-18)17-6-2-4-9-21-17;/h2*1-13H;. The van der Waals surface area contributed by atoms with Crippen LogP contribution in [0, 0.1) is 0 Å². The summed E-state index contributed by atoms with van der Waals surface area (Å²) in [5.41, 5.74) is 10.6. The quantitative estimate of drug-likeness (QED) is 0.165. The maximum atomic E-state index is 5.21. The molecule has 8 rings (SSSR count). The van der Waals surface area contributed by atoms with E-state index in [2.05, 4.69) is 19.9 Å². The molecule has 0 bridgehead atoms. The topological polar surface area (TPSA) is 104 Å². The van der Waals surface area contributed by atoms with Gasteiger partial charge in [0.05, 0.1) is 70.6 Å². The van der Waals surface area contributed by atoms with Gasteiger partial charge in [0, 0.05) is 55.7 Å². The average Bonchev–Trinajstić information content (AvgIpc) is 3.89. The van der Waals surface area contributed by atoms with Crippen LogP contribution < -0.4 is 0 Å². The smallest absolute Gasteiger partial charge is 0.0980 e. The Morgan fingerprint density at radius 2 is 0.660 bits per heavy atom. The molecule has 47 heavy (non-hydrogen) atoms. The van der Waals surface area contributed by atoms with Gasteiger partial charge in [-0.25, -0.2) is 9.97 Å². The van der Waals surface area contributed by atoms with Gasteiger partial charge in [-0.05, 0) is 96.1 Å². The van der Waals surface area contributed by atoms with Crippen molar-refractivity contribution >= 4 is 0 Å². The van der Waals surface area contributed by atoms with E-state index in [1.165, 1.54) is 0 Å². The molecule has 9 heteroatoms. The number of furan rings is 2. The van der Waals surface area contributed by atoms with Gasteiger partial charge in [-0.3, -0.25) is 19.9 Å². The Morgan fingerprint density at radius 1 is 0.340 bits per heavy atom. The van der Waals surface area contributed by atoms with Crippen molar-refractivity contribution in [1.29, 1.82) is 0 Å². The Hall–Kier alpha value is -5.90. The first kappa shape index (κ1) is 31.1. The number of pyridine rings is 6. The van der Waals surface area contributed by atoms with Crippen molar-refractivity contribution in [3.63, 3.8) is 0 Å². The maximum Gasteiger partial charge on any atom is 0.0980 e. The zero-order valence-corrected chi connectivity index (χ0v) is 27.4. The summed E-state index contributed by atoms with van der Waals surface area (Å²) in [6.45, 7) is 0. The van der Waals surface area contributed by atoms with E-state index in [9.17, 15) is 0 Å². The first-order valence-corrected chi connectivity index (χ1v) is 14.5. The molecule has 0 spiro atoms. The van der Waals surface area contributed by atoms with Crippen LogP contribution in [0.15, 0.2) is 168 Å². The first-order valence-electron chi connectivity index (χ1n) is 14.5. The van der Waals surface area contributed by atoms with Gasteiger partial charge < -0.3 is 8.83 Å². The Kier molecular flexibility index (Phi) is 9.87. The Bertz CT molecular complexity index is 1860. The zero-order valence-electron chi connectivity index (χ0n) is 24.9. The molecule has 8 aromatic heterocycles. The fourth-order valence-corrected chi connectivity index (χ4v) is 4.83. The van der Waals surface area contributed by atoms with E-state index < -0.39 is 0 Å². The monoisotopic (exact) mass is 790 g/mol. The van der Waals surface area contributed by atoms with Crippen LogP contribution in [0.3, 0.4) is 0 Å². The Labute approximate surface area is 284 Å². The molecule has 0 saturated carbocycles. The molecule has 0 saturated heterocycles. The minimum absolute atomic E-state index is 0. The average molecular weight is 789 g/mol. The second-order valence-electron chi connectivity index (χ2n) is 10.1. The summed E-state index contributed by atoms with van der Waals surface area (Å²) < 4.78 is 10.4. The molecule has 228 valence electrons. The predicted molar refractivity (Wildman–Crippen MR) is 177 cm³/mol. The molecular weight excluding hydrogens is 763 g/mol. The molecular formula is C38H26N6O2Os. The molecule has 0 radical (unpaired) electrons. The summed E-state index contributed by atoms with van der Waals surface area (Å²) in [7, 11) is 0. The van der Waals surface area contributed by atoms with Crippen molar-refractivity contribution in [2.45, 2.75) is 0 Å². The Balaban J connectivity index is 0.000000161. The normalized spacial score (nSPS) is 10.4. The third kappa shape index (κ3) is 7.50.